The standard InChI is InChI=1S/C17H21FN2/c1-4-13-8-10-14(11-9-13)20(3)16-7-5-6-15(18)17(16)12(2)19/h5-12H,4,19H2,1-3H3/t12-/m1/s1. The van der Waals surface area contributed by atoms with Gasteiger partial charge in [0.15, 0.2) is 0 Å². The van der Waals surface area contributed by atoms with Crippen LogP contribution in [-0.2, 0) is 6.42 Å². The maximum Gasteiger partial charge on any atom is 0.130 e. The molecule has 0 aliphatic rings. The lowest BCUT2D eigenvalue weighted by atomic mass is 10.0. The number of anilines is 2. The monoisotopic (exact) mass is 272 g/mol. The lowest BCUT2D eigenvalue weighted by Gasteiger charge is -2.24. The number of hydrogen-bond donors (Lipinski definition) is 1. The molecule has 2 nitrogen and oxygen atoms in total. The summed E-state index contributed by atoms with van der Waals surface area (Å²) in [4.78, 5) is 1.97. The molecular formula is C17H21FN2. The van der Waals surface area contributed by atoms with Crippen molar-refractivity contribution >= 4 is 11.4 Å². The fraction of sp³-hybridized carbons (Fsp3) is 0.294. The Morgan fingerprint density at radius 2 is 1.80 bits per heavy atom. The topological polar surface area (TPSA) is 29.3 Å². The molecule has 1 atom stereocenters. The van der Waals surface area contributed by atoms with Crippen molar-refractivity contribution in [2.45, 2.75) is 26.3 Å². The van der Waals surface area contributed by atoms with Crippen LogP contribution in [0, 0.1) is 5.82 Å². The van der Waals surface area contributed by atoms with Crippen LogP contribution in [0.4, 0.5) is 15.8 Å². The second-order valence-corrected chi connectivity index (χ2v) is 5.04. The van der Waals surface area contributed by atoms with E-state index in [4.69, 9.17) is 5.73 Å². The minimum absolute atomic E-state index is 0.255. The summed E-state index contributed by atoms with van der Waals surface area (Å²) in [5.41, 5.74) is 9.58. The molecule has 0 heterocycles. The largest absolute Gasteiger partial charge is 0.344 e. The van der Waals surface area contributed by atoms with Crippen molar-refractivity contribution in [2.75, 3.05) is 11.9 Å². The smallest absolute Gasteiger partial charge is 0.130 e. The summed E-state index contributed by atoms with van der Waals surface area (Å²) in [6.07, 6.45) is 1.01. The lowest BCUT2D eigenvalue weighted by molar-refractivity contribution is 0.594. The van der Waals surface area contributed by atoms with E-state index in [2.05, 4.69) is 31.2 Å². The average Bonchev–Trinajstić information content (AvgIpc) is 2.46. The minimum Gasteiger partial charge on any atom is -0.344 e. The lowest BCUT2D eigenvalue weighted by Crippen LogP contribution is -2.17. The first-order valence-corrected chi connectivity index (χ1v) is 6.91. The van der Waals surface area contributed by atoms with Crippen LogP contribution in [-0.4, -0.2) is 7.05 Å². The van der Waals surface area contributed by atoms with Gasteiger partial charge in [0, 0.05) is 30.0 Å². The summed E-state index contributed by atoms with van der Waals surface area (Å²) in [6, 6.07) is 13.0. The van der Waals surface area contributed by atoms with Crippen molar-refractivity contribution in [3.05, 3.63) is 59.4 Å². The van der Waals surface area contributed by atoms with E-state index in [1.807, 2.05) is 18.0 Å². The Balaban J connectivity index is 2.42. The van der Waals surface area contributed by atoms with E-state index in [-0.39, 0.29) is 11.9 Å². The average molecular weight is 272 g/mol. The summed E-state index contributed by atoms with van der Waals surface area (Å²) >= 11 is 0. The Labute approximate surface area is 120 Å². The molecule has 0 unspecified atom stereocenters. The van der Waals surface area contributed by atoms with Crippen LogP contribution >= 0.6 is 0 Å². The van der Waals surface area contributed by atoms with Gasteiger partial charge < -0.3 is 10.6 Å². The number of nitrogens with zero attached hydrogens (tertiary/aromatic N) is 1. The zero-order valence-corrected chi connectivity index (χ0v) is 12.2. The van der Waals surface area contributed by atoms with Gasteiger partial charge in [0.2, 0.25) is 0 Å². The molecule has 0 aliphatic heterocycles. The number of hydrogen-bond acceptors (Lipinski definition) is 2. The molecule has 20 heavy (non-hydrogen) atoms. The molecule has 0 saturated heterocycles. The van der Waals surface area contributed by atoms with Crippen molar-refractivity contribution in [2.24, 2.45) is 5.73 Å². The summed E-state index contributed by atoms with van der Waals surface area (Å²) in [5.74, 6) is -0.255. The van der Waals surface area contributed by atoms with Crippen LogP contribution in [0.15, 0.2) is 42.5 Å². The van der Waals surface area contributed by atoms with E-state index >= 15 is 0 Å². The zero-order valence-electron chi connectivity index (χ0n) is 12.2. The summed E-state index contributed by atoms with van der Waals surface area (Å²) in [5, 5.41) is 0. The second kappa shape index (κ2) is 6.06. The number of rotatable bonds is 4. The highest BCUT2D eigenvalue weighted by Crippen LogP contribution is 2.31. The third-order valence-electron chi connectivity index (χ3n) is 3.58. The van der Waals surface area contributed by atoms with Crippen molar-refractivity contribution in [3.8, 4) is 0 Å². The van der Waals surface area contributed by atoms with Crippen LogP contribution in [0.2, 0.25) is 0 Å². The van der Waals surface area contributed by atoms with Crippen LogP contribution < -0.4 is 10.6 Å². The van der Waals surface area contributed by atoms with Gasteiger partial charge >= 0.3 is 0 Å². The quantitative estimate of drug-likeness (QED) is 0.905. The molecule has 0 amide bonds. The maximum absolute atomic E-state index is 14.0. The molecule has 2 rings (SSSR count). The summed E-state index contributed by atoms with van der Waals surface area (Å²) in [6.45, 7) is 3.93. The van der Waals surface area contributed by atoms with E-state index in [1.165, 1.54) is 11.6 Å². The van der Waals surface area contributed by atoms with Crippen LogP contribution in [0.1, 0.15) is 31.0 Å². The molecule has 0 fully saturated rings. The fourth-order valence-electron chi connectivity index (χ4n) is 2.36. The molecule has 0 spiro atoms. The Kier molecular flexibility index (Phi) is 4.40. The molecule has 0 aliphatic carbocycles. The van der Waals surface area contributed by atoms with Gasteiger partial charge in [0.05, 0.1) is 0 Å². The maximum atomic E-state index is 14.0. The molecule has 3 heteroatoms. The van der Waals surface area contributed by atoms with Crippen molar-refractivity contribution in [1.82, 2.24) is 0 Å². The normalized spacial score (nSPS) is 12.2. The Bertz CT molecular complexity index is 576. The van der Waals surface area contributed by atoms with Crippen molar-refractivity contribution in [3.63, 3.8) is 0 Å². The third kappa shape index (κ3) is 2.83. The van der Waals surface area contributed by atoms with Crippen LogP contribution in [0.5, 0.6) is 0 Å². The number of halogens is 1. The fourth-order valence-corrected chi connectivity index (χ4v) is 2.36. The van der Waals surface area contributed by atoms with Gasteiger partial charge in [-0.3, -0.25) is 0 Å². The van der Waals surface area contributed by atoms with E-state index in [1.54, 1.807) is 13.0 Å². The van der Waals surface area contributed by atoms with Crippen molar-refractivity contribution in [1.29, 1.82) is 0 Å². The summed E-state index contributed by atoms with van der Waals surface area (Å²) in [7, 11) is 1.93. The van der Waals surface area contributed by atoms with E-state index in [0.29, 0.717) is 5.56 Å². The first kappa shape index (κ1) is 14.5. The van der Waals surface area contributed by atoms with Gasteiger partial charge in [0.1, 0.15) is 5.82 Å². The number of nitrogens with two attached hydrogens (primary N) is 1. The SMILES string of the molecule is CCc1ccc(N(C)c2cccc(F)c2[C@@H](C)N)cc1. The summed E-state index contributed by atoms with van der Waals surface area (Å²) < 4.78 is 14.0. The first-order valence-electron chi connectivity index (χ1n) is 6.91. The predicted molar refractivity (Wildman–Crippen MR) is 82.9 cm³/mol. The van der Waals surface area contributed by atoms with Gasteiger partial charge in [-0.15, -0.1) is 0 Å². The number of benzene rings is 2. The molecule has 106 valence electrons. The molecule has 2 N–H and O–H groups in total. The van der Waals surface area contributed by atoms with Gasteiger partial charge in [-0.2, -0.15) is 0 Å². The van der Waals surface area contributed by atoms with Gasteiger partial charge in [0.25, 0.3) is 0 Å². The Morgan fingerprint density at radius 1 is 1.15 bits per heavy atom. The zero-order chi connectivity index (χ0) is 14.7. The Hall–Kier alpha value is -1.87. The van der Waals surface area contributed by atoms with Crippen LogP contribution in [0.3, 0.4) is 0 Å². The highest BCUT2D eigenvalue weighted by atomic mass is 19.1. The third-order valence-corrected chi connectivity index (χ3v) is 3.58. The molecule has 0 bridgehead atoms. The minimum atomic E-state index is -0.344. The predicted octanol–water partition coefficient (Wildman–Crippen LogP) is 4.18. The van der Waals surface area contributed by atoms with E-state index in [0.717, 1.165) is 17.8 Å². The molecule has 0 radical (unpaired) electrons. The molecule has 2 aromatic carbocycles. The molecule has 0 aromatic heterocycles. The van der Waals surface area contributed by atoms with Crippen LogP contribution in [0.25, 0.3) is 0 Å². The van der Waals surface area contributed by atoms with E-state index in [9.17, 15) is 4.39 Å². The second-order valence-electron chi connectivity index (χ2n) is 5.04. The molecule has 0 saturated carbocycles. The Morgan fingerprint density at radius 3 is 2.35 bits per heavy atom. The van der Waals surface area contributed by atoms with Gasteiger partial charge in [-0.25, -0.2) is 4.39 Å². The van der Waals surface area contributed by atoms with Gasteiger partial charge in [-0.1, -0.05) is 25.1 Å². The van der Waals surface area contributed by atoms with Gasteiger partial charge in [-0.05, 0) is 43.2 Å². The highest BCUT2D eigenvalue weighted by Gasteiger charge is 2.16. The van der Waals surface area contributed by atoms with E-state index < -0.39 is 0 Å². The number of aryl methyl sites for hydroxylation is 1. The first-order chi connectivity index (χ1) is 9.54. The van der Waals surface area contributed by atoms with Crippen molar-refractivity contribution < 1.29 is 4.39 Å². The molecular weight excluding hydrogens is 251 g/mol. The molecule has 2 aromatic rings. The highest BCUT2D eigenvalue weighted by molar-refractivity contribution is 5.66.